The maximum atomic E-state index is 9.05. The Kier molecular flexibility index (Phi) is 15.2. The van der Waals surface area contributed by atoms with Crippen LogP contribution in [0.1, 0.15) is 108 Å². The molecule has 0 atom stereocenters. The number of aliphatic hydroxyl groups is 1. The minimum absolute atomic E-state index is 0.0781. The van der Waals surface area contributed by atoms with Gasteiger partial charge in [-0.3, -0.25) is 0 Å². The molecule has 1 N–H and O–H groups in total. The first-order chi connectivity index (χ1) is 13.3. The molecule has 1 aromatic rings. The van der Waals surface area contributed by atoms with Gasteiger partial charge in [0.2, 0.25) is 0 Å². The normalized spacial score (nSPS) is 11.1. The van der Waals surface area contributed by atoms with Gasteiger partial charge in [0.05, 0.1) is 6.61 Å². The predicted molar refractivity (Wildman–Crippen MR) is 118 cm³/mol. The molecule has 0 amide bonds. The molecule has 0 radical (unpaired) electrons. The standard InChI is InChI=1S/C25H44O2/c1-3-5-7-9-11-13-15-17-24-20-23(16-14-12-10-8-6-4-2)21-25(22-24)27-19-18-26/h20-22,26H,3-19H2,1-2H3. The van der Waals surface area contributed by atoms with Gasteiger partial charge in [-0.2, -0.15) is 0 Å². The Morgan fingerprint density at radius 3 is 1.52 bits per heavy atom. The zero-order chi connectivity index (χ0) is 19.6. The van der Waals surface area contributed by atoms with Crippen molar-refractivity contribution >= 4 is 0 Å². The van der Waals surface area contributed by atoms with Crippen LogP contribution >= 0.6 is 0 Å². The molecule has 1 rings (SSSR count). The number of benzene rings is 1. The number of rotatable bonds is 18. The summed E-state index contributed by atoms with van der Waals surface area (Å²) in [6, 6.07) is 6.74. The van der Waals surface area contributed by atoms with Gasteiger partial charge in [0.25, 0.3) is 0 Å². The highest BCUT2D eigenvalue weighted by Gasteiger charge is 2.04. The SMILES string of the molecule is CCCCCCCCCc1cc(CCCCCCCC)cc(OCCO)c1. The zero-order valence-corrected chi connectivity index (χ0v) is 18.1. The Labute approximate surface area is 168 Å². The second-order valence-electron chi connectivity index (χ2n) is 7.95. The van der Waals surface area contributed by atoms with Crippen LogP contribution in [0.2, 0.25) is 0 Å². The van der Waals surface area contributed by atoms with Crippen LogP contribution in [0.4, 0.5) is 0 Å². The van der Waals surface area contributed by atoms with E-state index in [2.05, 4.69) is 32.0 Å². The Balaban J connectivity index is 2.42. The molecule has 0 spiro atoms. The lowest BCUT2D eigenvalue weighted by Gasteiger charge is -2.11. The van der Waals surface area contributed by atoms with Gasteiger partial charge in [0.15, 0.2) is 0 Å². The van der Waals surface area contributed by atoms with E-state index in [9.17, 15) is 0 Å². The summed E-state index contributed by atoms with van der Waals surface area (Å²) in [7, 11) is 0. The van der Waals surface area contributed by atoms with Crippen LogP contribution in [0, 0.1) is 0 Å². The molecule has 0 unspecified atom stereocenters. The molecular weight excluding hydrogens is 332 g/mol. The van der Waals surface area contributed by atoms with Crippen LogP contribution < -0.4 is 4.74 Å². The largest absolute Gasteiger partial charge is 0.491 e. The van der Waals surface area contributed by atoms with Crippen LogP contribution in [-0.2, 0) is 12.8 Å². The van der Waals surface area contributed by atoms with E-state index in [0.717, 1.165) is 18.6 Å². The third-order valence-electron chi connectivity index (χ3n) is 5.27. The Morgan fingerprint density at radius 1 is 0.630 bits per heavy atom. The lowest BCUT2D eigenvalue weighted by Crippen LogP contribution is -2.03. The van der Waals surface area contributed by atoms with Gasteiger partial charge in [0, 0.05) is 0 Å². The minimum atomic E-state index is 0.0781. The first kappa shape index (κ1) is 24.0. The molecule has 0 aromatic heterocycles. The average Bonchev–Trinajstić information content (AvgIpc) is 2.68. The number of unbranched alkanes of at least 4 members (excludes halogenated alkanes) is 11. The molecule has 0 aliphatic carbocycles. The van der Waals surface area contributed by atoms with Gasteiger partial charge >= 0.3 is 0 Å². The minimum Gasteiger partial charge on any atom is -0.491 e. The Hall–Kier alpha value is -1.02. The van der Waals surface area contributed by atoms with Gasteiger partial charge in [0.1, 0.15) is 12.4 Å². The lowest BCUT2D eigenvalue weighted by atomic mass is 9.99. The topological polar surface area (TPSA) is 29.5 Å². The van der Waals surface area contributed by atoms with Gasteiger partial charge in [-0.15, -0.1) is 0 Å². The summed E-state index contributed by atoms with van der Waals surface area (Å²) in [6.45, 7) is 5.01. The molecule has 27 heavy (non-hydrogen) atoms. The molecule has 1 aromatic carbocycles. The summed E-state index contributed by atoms with van der Waals surface area (Å²) in [5.41, 5.74) is 2.80. The van der Waals surface area contributed by atoms with E-state index in [0.29, 0.717) is 6.61 Å². The predicted octanol–water partition coefficient (Wildman–Crippen LogP) is 7.25. The van der Waals surface area contributed by atoms with E-state index in [1.165, 1.54) is 94.6 Å². The fourth-order valence-corrected chi connectivity index (χ4v) is 3.66. The highest BCUT2D eigenvalue weighted by Crippen LogP contribution is 2.21. The van der Waals surface area contributed by atoms with Crippen molar-refractivity contribution in [3.8, 4) is 5.75 Å². The maximum absolute atomic E-state index is 9.05. The summed E-state index contributed by atoms with van der Waals surface area (Å²) < 4.78 is 5.72. The molecule has 0 aliphatic heterocycles. The first-order valence-corrected chi connectivity index (χ1v) is 11.7. The maximum Gasteiger partial charge on any atom is 0.119 e. The van der Waals surface area contributed by atoms with Crippen molar-refractivity contribution in [2.75, 3.05) is 13.2 Å². The number of hydrogen-bond donors (Lipinski definition) is 1. The van der Waals surface area contributed by atoms with Gasteiger partial charge < -0.3 is 9.84 Å². The number of hydrogen-bond acceptors (Lipinski definition) is 2. The molecule has 0 bridgehead atoms. The van der Waals surface area contributed by atoms with E-state index in [4.69, 9.17) is 9.84 Å². The molecule has 0 heterocycles. The van der Waals surface area contributed by atoms with Crippen LogP contribution in [0.15, 0.2) is 18.2 Å². The van der Waals surface area contributed by atoms with Crippen LogP contribution in [0.3, 0.4) is 0 Å². The Bertz CT molecular complexity index is 456. The van der Waals surface area contributed by atoms with Gasteiger partial charge in [-0.25, -0.2) is 0 Å². The fourth-order valence-electron chi connectivity index (χ4n) is 3.66. The molecule has 2 nitrogen and oxygen atoms in total. The molecule has 0 fully saturated rings. The smallest absolute Gasteiger partial charge is 0.119 e. The van der Waals surface area contributed by atoms with Crippen LogP contribution in [-0.4, -0.2) is 18.3 Å². The number of aliphatic hydroxyl groups excluding tert-OH is 1. The first-order valence-electron chi connectivity index (χ1n) is 11.7. The average molecular weight is 377 g/mol. The second kappa shape index (κ2) is 17.1. The van der Waals surface area contributed by atoms with Crippen molar-refractivity contribution in [2.24, 2.45) is 0 Å². The third kappa shape index (κ3) is 12.9. The molecule has 0 aliphatic rings. The van der Waals surface area contributed by atoms with E-state index >= 15 is 0 Å². The summed E-state index contributed by atoms with van der Waals surface area (Å²) in [6.07, 6.45) is 19.8. The summed E-state index contributed by atoms with van der Waals surface area (Å²) in [5.74, 6) is 0.936. The summed E-state index contributed by atoms with van der Waals surface area (Å²) >= 11 is 0. The number of ether oxygens (including phenoxy) is 1. The van der Waals surface area contributed by atoms with Crippen molar-refractivity contribution in [1.82, 2.24) is 0 Å². The van der Waals surface area contributed by atoms with E-state index in [-0.39, 0.29) is 6.61 Å². The van der Waals surface area contributed by atoms with Crippen molar-refractivity contribution in [3.05, 3.63) is 29.3 Å². The van der Waals surface area contributed by atoms with Gasteiger partial charge in [-0.1, -0.05) is 90.5 Å². The highest BCUT2D eigenvalue weighted by molar-refractivity contribution is 5.34. The van der Waals surface area contributed by atoms with E-state index in [1.807, 2.05) is 0 Å². The Morgan fingerprint density at radius 2 is 1.07 bits per heavy atom. The quantitative estimate of drug-likeness (QED) is 0.273. The van der Waals surface area contributed by atoms with Crippen LogP contribution in [0.5, 0.6) is 5.75 Å². The van der Waals surface area contributed by atoms with Crippen LogP contribution in [0.25, 0.3) is 0 Å². The summed E-state index contributed by atoms with van der Waals surface area (Å²) in [4.78, 5) is 0. The highest BCUT2D eigenvalue weighted by atomic mass is 16.5. The molecule has 156 valence electrons. The van der Waals surface area contributed by atoms with Crippen molar-refractivity contribution < 1.29 is 9.84 Å². The molecule has 0 saturated heterocycles. The third-order valence-corrected chi connectivity index (χ3v) is 5.27. The second-order valence-corrected chi connectivity index (χ2v) is 7.95. The monoisotopic (exact) mass is 376 g/mol. The summed E-state index contributed by atoms with van der Waals surface area (Å²) in [5, 5.41) is 9.05. The van der Waals surface area contributed by atoms with Crippen molar-refractivity contribution in [2.45, 2.75) is 110 Å². The molecular formula is C25H44O2. The zero-order valence-electron chi connectivity index (χ0n) is 18.1. The van der Waals surface area contributed by atoms with E-state index < -0.39 is 0 Å². The lowest BCUT2D eigenvalue weighted by molar-refractivity contribution is 0.201. The van der Waals surface area contributed by atoms with Gasteiger partial charge in [-0.05, 0) is 48.9 Å². The van der Waals surface area contributed by atoms with E-state index in [1.54, 1.807) is 0 Å². The fraction of sp³-hybridized carbons (Fsp3) is 0.760. The van der Waals surface area contributed by atoms with Crippen molar-refractivity contribution in [3.63, 3.8) is 0 Å². The number of aryl methyl sites for hydroxylation is 2. The molecule has 2 heteroatoms. The van der Waals surface area contributed by atoms with Crippen molar-refractivity contribution in [1.29, 1.82) is 0 Å². The molecule has 0 saturated carbocycles.